The van der Waals surface area contributed by atoms with E-state index in [1.807, 2.05) is 21.9 Å². The third-order valence-corrected chi connectivity index (χ3v) is 5.74. The highest BCUT2D eigenvalue weighted by Gasteiger charge is 2.37. The molecule has 7 heteroatoms. The smallest absolute Gasteiger partial charge is 0.240 e. The number of rotatable bonds is 4. The molecule has 4 rings (SSSR count). The Morgan fingerprint density at radius 1 is 1.03 bits per heavy atom. The van der Waals surface area contributed by atoms with Gasteiger partial charge < -0.3 is 9.80 Å². The summed E-state index contributed by atoms with van der Waals surface area (Å²) in [6.07, 6.45) is 4.39. The van der Waals surface area contributed by atoms with Crippen molar-refractivity contribution in [2.75, 3.05) is 32.7 Å². The van der Waals surface area contributed by atoms with Crippen LogP contribution in [0.5, 0.6) is 0 Å². The number of amides is 2. The summed E-state index contributed by atoms with van der Waals surface area (Å²) in [7, 11) is 0. The highest BCUT2D eigenvalue weighted by Crippen LogP contribution is 2.20. The molecule has 1 aromatic carbocycles. The molecule has 2 aliphatic rings. The summed E-state index contributed by atoms with van der Waals surface area (Å²) in [4.78, 5) is 35.7. The zero-order valence-corrected chi connectivity index (χ0v) is 16.3. The van der Waals surface area contributed by atoms with Gasteiger partial charge in [-0.25, -0.2) is 4.39 Å². The summed E-state index contributed by atoms with van der Waals surface area (Å²) < 4.78 is 13.1. The van der Waals surface area contributed by atoms with E-state index in [1.165, 1.54) is 12.1 Å². The average molecular weight is 396 g/mol. The highest BCUT2D eigenvalue weighted by atomic mass is 19.1. The molecule has 3 heterocycles. The number of hydrogen-bond acceptors (Lipinski definition) is 4. The van der Waals surface area contributed by atoms with Gasteiger partial charge in [0.25, 0.3) is 0 Å². The minimum Gasteiger partial charge on any atom is -0.341 e. The van der Waals surface area contributed by atoms with E-state index in [1.54, 1.807) is 24.5 Å². The topological polar surface area (TPSA) is 56.8 Å². The minimum atomic E-state index is -0.273. The minimum absolute atomic E-state index is 0.0773. The second kappa shape index (κ2) is 8.69. The summed E-state index contributed by atoms with van der Waals surface area (Å²) >= 11 is 0. The molecule has 2 saturated heterocycles. The number of hydrogen-bond donors (Lipinski definition) is 0. The van der Waals surface area contributed by atoms with Crippen LogP contribution in [0.25, 0.3) is 0 Å². The van der Waals surface area contributed by atoms with Gasteiger partial charge in [-0.1, -0.05) is 18.2 Å². The van der Waals surface area contributed by atoms with Crippen LogP contribution >= 0.6 is 0 Å². The molecule has 29 heavy (non-hydrogen) atoms. The van der Waals surface area contributed by atoms with Crippen molar-refractivity contribution in [2.24, 2.45) is 0 Å². The molecule has 2 aliphatic heterocycles. The SMILES string of the molecule is O=C(Cc1cccnc1)N1CCC2C(=O)N(Cc3ccc(F)cc3)CCN2CC1. The van der Waals surface area contributed by atoms with Gasteiger partial charge in [-0.15, -0.1) is 0 Å². The van der Waals surface area contributed by atoms with Gasteiger partial charge in [-0.05, 0) is 35.7 Å². The molecule has 6 nitrogen and oxygen atoms in total. The predicted molar refractivity (Wildman–Crippen MR) is 106 cm³/mol. The molecule has 0 aliphatic carbocycles. The molecule has 0 saturated carbocycles. The van der Waals surface area contributed by atoms with Crippen molar-refractivity contribution >= 4 is 11.8 Å². The van der Waals surface area contributed by atoms with Gasteiger partial charge in [0.1, 0.15) is 5.82 Å². The molecule has 1 unspecified atom stereocenters. The Bertz CT molecular complexity index is 859. The first-order valence-electron chi connectivity index (χ1n) is 10.0. The fraction of sp³-hybridized carbons (Fsp3) is 0.409. The molecule has 1 atom stereocenters. The molecular formula is C22H25FN4O2. The van der Waals surface area contributed by atoms with Crippen LogP contribution in [0.2, 0.25) is 0 Å². The number of carbonyl (C=O) groups excluding carboxylic acids is 2. The van der Waals surface area contributed by atoms with Gasteiger partial charge in [-0.2, -0.15) is 0 Å². The monoisotopic (exact) mass is 396 g/mol. The maximum absolute atomic E-state index is 13.1. The van der Waals surface area contributed by atoms with Crippen molar-refractivity contribution in [3.05, 3.63) is 65.7 Å². The maximum Gasteiger partial charge on any atom is 0.240 e. The Morgan fingerprint density at radius 2 is 1.83 bits per heavy atom. The van der Waals surface area contributed by atoms with Crippen molar-refractivity contribution in [1.29, 1.82) is 0 Å². The third-order valence-electron chi connectivity index (χ3n) is 5.74. The van der Waals surface area contributed by atoms with Crippen molar-refractivity contribution in [3.63, 3.8) is 0 Å². The lowest BCUT2D eigenvalue weighted by Crippen LogP contribution is -2.56. The van der Waals surface area contributed by atoms with Gasteiger partial charge in [0, 0.05) is 51.7 Å². The zero-order chi connectivity index (χ0) is 20.2. The van der Waals surface area contributed by atoms with Crippen LogP contribution in [-0.4, -0.2) is 70.3 Å². The number of fused-ring (bicyclic) bond motifs is 1. The second-order valence-corrected chi connectivity index (χ2v) is 7.65. The van der Waals surface area contributed by atoms with Crippen LogP contribution in [0, 0.1) is 5.82 Å². The van der Waals surface area contributed by atoms with Crippen molar-refractivity contribution in [2.45, 2.75) is 25.4 Å². The molecule has 0 N–H and O–H groups in total. The second-order valence-electron chi connectivity index (χ2n) is 7.65. The van der Waals surface area contributed by atoms with Crippen molar-refractivity contribution < 1.29 is 14.0 Å². The molecule has 2 amide bonds. The van der Waals surface area contributed by atoms with E-state index < -0.39 is 0 Å². The molecule has 2 fully saturated rings. The van der Waals surface area contributed by atoms with Crippen molar-refractivity contribution in [3.8, 4) is 0 Å². The van der Waals surface area contributed by atoms with E-state index in [0.717, 1.165) is 17.7 Å². The standard InChI is InChI=1S/C22H25FN4O2/c23-19-5-3-17(4-6-19)16-27-13-11-25-10-12-26(9-7-20(25)22(27)29)21(28)14-18-2-1-8-24-15-18/h1-6,8,15,20H,7,9-14,16H2. The summed E-state index contributed by atoms with van der Waals surface area (Å²) in [6.45, 7) is 3.86. The normalized spacial score (nSPS) is 20.3. The first kappa shape index (κ1) is 19.5. The lowest BCUT2D eigenvalue weighted by molar-refractivity contribution is -0.142. The number of carbonyl (C=O) groups is 2. The Morgan fingerprint density at radius 3 is 2.59 bits per heavy atom. The predicted octanol–water partition coefficient (Wildman–Crippen LogP) is 1.71. The van der Waals surface area contributed by atoms with Gasteiger partial charge in [0.15, 0.2) is 0 Å². The fourth-order valence-corrected chi connectivity index (χ4v) is 4.10. The highest BCUT2D eigenvalue weighted by molar-refractivity contribution is 5.83. The molecule has 1 aromatic heterocycles. The fourth-order valence-electron chi connectivity index (χ4n) is 4.10. The summed E-state index contributed by atoms with van der Waals surface area (Å²) in [5.74, 6) is -0.0969. The molecule has 0 radical (unpaired) electrons. The number of nitrogens with zero attached hydrogens (tertiary/aromatic N) is 4. The number of benzene rings is 1. The average Bonchev–Trinajstić information content (AvgIpc) is 2.96. The quantitative estimate of drug-likeness (QED) is 0.790. The van der Waals surface area contributed by atoms with Gasteiger partial charge in [0.2, 0.25) is 11.8 Å². The van der Waals surface area contributed by atoms with Crippen LogP contribution in [0.4, 0.5) is 4.39 Å². The Labute approximate surface area is 169 Å². The molecule has 152 valence electrons. The zero-order valence-electron chi connectivity index (χ0n) is 16.3. The largest absolute Gasteiger partial charge is 0.341 e. The number of aromatic nitrogens is 1. The molecular weight excluding hydrogens is 371 g/mol. The van der Waals surface area contributed by atoms with Crippen LogP contribution in [0.3, 0.4) is 0 Å². The van der Waals surface area contributed by atoms with E-state index in [4.69, 9.17) is 0 Å². The van der Waals surface area contributed by atoms with E-state index in [-0.39, 0.29) is 23.7 Å². The molecule has 0 bridgehead atoms. The third kappa shape index (κ3) is 4.62. The summed E-state index contributed by atoms with van der Waals surface area (Å²) in [5, 5.41) is 0. The lowest BCUT2D eigenvalue weighted by atomic mass is 10.1. The van der Waals surface area contributed by atoms with E-state index in [9.17, 15) is 14.0 Å². The van der Waals surface area contributed by atoms with E-state index >= 15 is 0 Å². The van der Waals surface area contributed by atoms with Crippen LogP contribution < -0.4 is 0 Å². The van der Waals surface area contributed by atoms with Crippen LogP contribution in [0.1, 0.15) is 17.5 Å². The van der Waals surface area contributed by atoms with Crippen LogP contribution in [-0.2, 0) is 22.6 Å². The first-order chi connectivity index (χ1) is 14.1. The van der Waals surface area contributed by atoms with E-state index in [0.29, 0.717) is 45.6 Å². The Hall–Kier alpha value is -2.80. The van der Waals surface area contributed by atoms with Crippen molar-refractivity contribution in [1.82, 2.24) is 19.7 Å². The number of halogens is 1. The van der Waals surface area contributed by atoms with Gasteiger partial charge >= 0.3 is 0 Å². The van der Waals surface area contributed by atoms with Crippen LogP contribution in [0.15, 0.2) is 48.8 Å². The first-order valence-corrected chi connectivity index (χ1v) is 10.0. The van der Waals surface area contributed by atoms with E-state index in [2.05, 4.69) is 9.88 Å². The Kier molecular flexibility index (Phi) is 5.85. The molecule has 2 aromatic rings. The van der Waals surface area contributed by atoms with Gasteiger partial charge in [0.05, 0.1) is 12.5 Å². The lowest BCUT2D eigenvalue weighted by Gasteiger charge is -2.39. The summed E-state index contributed by atoms with van der Waals surface area (Å²) in [6, 6.07) is 9.84. The molecule has 0 spiro atoms. The Balaban J connectivity index is 1.37. The number of pyridine rings is 1. The van der Waals surface area contributed by atoms with Gasteiger partial charge in [-0.3, -0.25) is 19.5 Å². The number of piperazine rings is 1. The summed E-state index contributed by atoms with van der Waals surface area (Å²) in [5.41, 5.74) is 1.83. The maximum atomic E-state index is 13.1.